The van der Waals surface area contributed by atoms with Crippen molar-refractivity contribution in [3.05, 3.63) is 29.3 Å². The average Bonchev–Trinajstić information content (AvgIpc) is 2.33. The number of hydrogen-bond acceptors (Lipinski definition) is 3. The second-order valence-corrected chi connectivity index (χ2v) is 4.55. The molecule has 1 aromatic carbocycles. The molecule has 0 heterocycles. The molecule has 0 aliphatic heterocycles. The second-order valence-electron chi connectivity index (χ2n) is 3.70. The van der Waals surface area contributed by atoms with Gasteiger partial charge in [0.15, 0.2) is 0 Å². The predicted molar refractivity (Wildman–Crippen MR) is 66.8 cm³/mol. The van der Waals surface area contributed by atoms with Crippen molar-refractivity contribution in [2.24, 2.45) is 0 Å². The van der Waals surface area contributed by atoms with Crippen LogP contribution in [-0.2, 0) is 17.5 Å². The van der Waals surface area contributed by atoms with Crippen LogP contribution in [-0.4, -0.2) is 26.5 Å². The van der Waals surface area contributed by atoms with Crippen LogP contribution < -0.4 is 5.32 Å². The van der Waals surface area contributed by atoms with Crippen LogP contribution in [0.5, 0.6) is 0 Å². The molecule has 0 bridgehead atoms. The number of benzene rings is 1. The van der Waals surface area contributed by atoms with E-state index in [1.54, 1.807) is 19.4 Å². The molecular formula is C12H16F3NOS. The van der Waals surface area contributed by atoms with Gasteiger partial charge < -0.3 is 10.1 Å². The Morgan fingerprint density at radius 1 is 1.33 bits per heavy atom. The fraction of sp³-hybridized carbons (Fsp3) is 0.500. The molecular weight excluding hydrogens is 263 g/mol. The zero-order valence-electron chi connectivity index (χ0n) is 10.3. The van der Waals surface area contributed by atoms with Crippen molar-refractivity contribution in [3.8, 4) is 0 Å². The summed E-state index contributed by atoms with van der Waals surface area (Å²) in [7, 11) is 1.58. The van der Waals surface area contributed by atoms with E-state index in [2.05, 4.69) is 5.32 Å². The lowest BCUT2D eigenvalue weighted by molar-refractivity contribution is -0.139. The van der Waals surface area contributed by atoms with E-state index in [0.717, 1.165) is 11.8 Å². The highest BCUT2D eigenvalue weighted by Gasteiger charge is 2.33. The molecule has 0 aliphatic rings. The summed E-state index contributed by atoms with van der Waals surface area (Å²) in [5, 5.41) is 3.02. The maximum absolute atomic E-state index is 12.8. The van der Waals surface area contributed by atoms with Crippen molar-refractivity contribution in [2.75, 3.05) is 26.5 Å². The fourth-order valence-corrected chi connectivity index (χ4v) is 2.09. The highest BCUT2D eigenvalue weighted by Crippen LogP contribution is 2.36. The molecule has 102 valence electrons. The lowest BCUT2D eigenvalue weighted by atomic mass is 10.1. The number of alkyl halides is 3. The molecule has 1 N–H and O–H groups in total. The molecule has 0 fully saturated rings. The van der Waals surface area contributed by atoms with Crippen LogP contribution in [0.4, 0.5) is 13.2 Å². The number of thioether (sulfide) groups is 1. The standard InChI is InChI=1S/C12H16F3NOS/c1-17-6-5-16-8-9-3-4-11(18-2)10(7-9)12(13,14)15/h3-4,7,16H,5-6,8H2,1-2H3. The Morgan fingerprint density at radius 2 is 2.06 bits per heavy atom. The van der Waals surface area contributed by atoms with Gasteiger partial charge in [0.25, 0.3) is 0 Å². The van der Waals surface area contributed by atoms with E-state index >= 15 is 0 Å². The topological polar surface area (TPSA) is 21.3 Å². The van der Waals surface area contributed by atoms with E-state index in [4.69, 9.17) is 4.74 Å². The summed E-state index contributed by atoms with van der Waals surface area (Å²) in [6.07, 6.45) is -2.66. The molecule has 0 unspecified atom stereocenters. The third kappa shape index (κ3) is 4.51. The highest BCUT2D eigenvalue weighted by molar-refractivity contribution is 7.98. The molecule has 0 atom stereocenters. The highest BCUT2D eigenvalue weighted by atomic mass is 32.2. The predicted octanol–water partition coefficient (Wildman–Crippen LogP) is 3.16. The normalized spacial score (nSPS) is 11.8. The molecule has 0 amide bonds. The maximum atomic E-state index is 12.8. The Hall–Kier alpha value is -0.720. The van der Waals surface area contributed by atoms with Gasteiger partial charge in [-0.05, 0) is 24.0 Å². The smallest absolute Gasteiger partial charge is 0.383 e. The summed E-state index contributed by atoms with van der Waals surface area (Å²) in [5.74, 6) is 0. The van der Waals surface area contributed by atoms with Crippen LogP contribution in [0.15, 0.2) is 23.1 Å². The molecule has 0 radical (unpaired) electrons. The minimum absolute atomic E-state index is 0.253. The van der Waals surface area contributed by atoms with E-state index in [0.29, 0.717) is 25.3 Å². The maximum Gasteiger partial charge on any atom is 0.417 e. The Kier molecular flexibility index (Phi) is 5.98. The SMILES string of the molecule is COCCNCc1ccc(SC)c(C(F)(F)F)c1. The molecule has 0 spiro atoms. The van der Waals surface area contributed by atoms with Crippen molar-refractivity contribution in [1.82, 2.24) is 5.32 Å². The minimum atomic E-state index is -4.30. The third-order valence-electron chi connectivity index (χ3n) is 2.38. The number of methoxy groups -OCH3 is 1. The number of halogens is 3. The number of ether oxygens (including phenoxy) is 1. The molecule has 6 heteroatoms. The molecule has 2 nitrogen and oxygen atoms in total. The van der Waals surface area contributed by atoms with Crippen LogP contribution in [0.1, 0.15) is 11.1 Å². The van der Waals surface area contributed by atoms with E-state index < -0.39 is 11.7 Å². The summed E-state index contributed by atoms with van der Waals surface area (Å²) in [4.78, 5) is 0.253. The third-order valence-corrected chi connectivity index (χ3v) is 3.18. The molecule has 0 saturated heterocycles. The van der Waals surface area contributed by atoms with Gasteiger partial charge in [0.1, 0.15) is 0 Å². The van der Waals surface area contributed by atoms with Crippen LogP contribution in [0.2, 0.25) is 0 Å². The van der Waals surface area contributed by atoms with Gasteiger partial charge in [0.05, 0.1) is 12.2 Å². The van der Waals surface area contributed by atoms with Crippen molar-refractivity contribution in [3.63, 3.8) is 0 Å². The first-order chi connectivity index (χ1) is 8.49. The van der Waals surface area contributed by atoms with Crippen LogP contribution >= 0.6 is 11.8 Å². The first kappa shape index (κ1) is 15.3. The van der Waals surface area contributed by atoms with E-state index in [1.807, 2.05) is 0 Å². The van der Waals surface area contributed by atoms with Gasteiger partial charge >= 0.3 is 6.18 Å². The van der Waals surface area contributed by atoms with Gasteiger partial charge in [-0.1, -0.05) is 6.07 Å². The zero-order valence-corrected chi connectivity index (χ0v) is 11.1. The lowest BCUT2D eigenvalue weighted by Crippen LogP contribution is -2.19. The van der Waals surface area contributed by atoms with Gasteiger partial charge in [0, 0.05) is 25.1 Å². The zero-order chi connectivity index (χ0) is 13.6. The first-order valence-electron chi connectivity index (χ1n) is 5.42. The van der Waals surface area contributed by atoms with Crippen molar-refractivity contribution < 1.29 is 17.9 Å². The van der Waals surface area contributed by atoms with Crippen molar-refractivity contribution >= 4 is 11.8 Å². The van der Waals surface area contributed by atoms with Gasteiger partial charge in [0.2, 0.25) is 0 Å². The quantitative estimate of drug-likeness (QED) is 0.638. The Labute approximate surface area is 109 Å². The molecule has 0 aliphatic carbocycles. The molecule has 1 rings (SSSR count). The summed E-state index contributed by atoms with van der Waals surface area (Å²) in [6.45, 7) is 1.55. The van der Waals surface area contributed by atoms with Crippen LogP contribution in [0.3, 0.4) is 0 Å². The van der Waals surface area contributed by atoms with Crippen LogP contribution in [0, 0.1) is 0 Å². The number of hydrogen-bond donors (Lipinski definition) is 1. The monoisotopic (exact) mass is 279 g/mol. The number of nitrogens with one attached hydrogen (secondary N) is 1. The van der Waals surface area contributed by atoms with Gasteiger partial charge in [-0.25, -0.2) is 0 Å². The van der Waals surface area contributed by atoms with E-state index in [1.165, 1.54) is 12.1 Å². The van der Waals surface area contributed by atoms with E-state index in [-0.39, 0.29) is 4.90 Å². The van der Waals surface area contributed by atoms with Gasteiger partial charge in [-0.3, -0.25) is 0 Å². The Balaban J connectivity index is 2.77. The van der Waals surface area contributed by atoms with Crippen molar-refractivity contribution in [1.29, 1.82) is 0 Å². The molecule has 18 heavy (non-hydrogen) atoms. The Morgan fingerprint density at radius 3 is 2.61 bits per heavy atom. The summed E-state index contributed by atoms with van der Waals surface area (Å²) in [6, 6.07) is 4.42. The second kappa shape index (κ2) is 7.01. The van der Waals surface area contributed by atoms with E-state index in [9.17, 15) is 13.2 Å². The summed E-state index contributed by atoms with van der Waals surface area (Å²) < 4.78 is 43.3. The molecule has 1 aromatic rings. The summed E-state index contributed by atoms with van der Waals surface area (Å²) in [5.41, 5.74) is 0.0530. The fourth-order valence-electron chi connectivity index (χ4n) is 1.49. The average molecular weight is 279 g/mol. The summed E-state index contributed by atoms with van der Waals surface area (Å²) >= 11 is 1.10. The minimum Gasteiger partial charge on any atom is -0.383 e. The van der Waals surface area contributed by atoms with Crippen LogP contribution in [0.25, 0.3) is 0 Å². The Bertz CT molecular complexity index is 382. The molecule has 0 aromatic heterocycles. The van der Waals surface area contributed by atoms with Crippen molar-refractivity contribution in [2.45, 2.75) is 17.6 Å². The van der Waals surface area contributed by atoms with Gasteiger partial charge in [-0.2, -0.15) is 13.2 Å². The number of rotatable bonds is 6. The largest absolute Gasteiger partial charge is 0.417 e. The molecule has 0 saturated carbocycles. The first-order valence-corrected chi connectivity index (χ1v) is 6.65. The lowest BCUT2D eigenvalue weighted by Gasteiger charge is -2.13. The van der Waals surface area contributed by atoms with Gasteiger partial charge in [-0.15, -0.1) is 11.8 Å².